The van der Waals surface area contributed by atoms with E-state index in [-0.39, 0.29) is 35.7 Å². The van der Waals surface area contributed by atoms with Gasteiger partial charge < -0.3 is 30.8 Å². The Kier molecular flexibility index (Phi) is 7.30. The summed E-state index contributed by atoms with van der Waals surface area (Å²) in [5.41, 5.74) is 8.82. The van der Waals surface area contributed by atoms with Crippen molar-refractivity contribution in [2.24, 2.45) is 5.92 Å². The largest absolute Gasteiger partial charge is 0.388 e. The van der Waals surface area contributed by atoms with Gasteiger partial charge in [0.2, 0.25) is 0 Å². The third kappa shape index (κ3) is 5.34. The number of urea groups is 1. The Morgan fingerprint density at radius 1 is 1.21 bits per heavy atom. The second-order valence-electron chi connectivity index (χ2n) is 11.5. The first-order valence-corrected chi connectivity index (χ1v) is 13.4. The second kappa shape index (κ2) is 10.5. The average Bonchev–Trinajstić information content (AvgIpc) is 3.43. The number of nitrogens with two attached hydrogens (primary N) is 1. The Labute approximate surface area is 223 Å². The molecule has 204 valence electrons. The van der Waals surface area contributed by atoms with Crippen LogP contribution in [0.5, 0.6) is 0 Å². The molecule has 10 heteroatoms. The highest BCUT2D eigenvalue weighted by Gasteiger charge is 2.48. The Hall–Kier alpha value is -3.21. The van der Waals surface area contributed by atoms with Gasteiger partial charge in [0.05, 0.1) is 17.5 Å². The molecular weight excluding hydrogens is 482 g/mol. The summed E-state index contributed by atoms with van der Waals surface area (Å²) in [6.07, 6.45) is 4.01. The number of hydrogen-bond donors (Lipinski definition) is 4. The van der Waals surface area contributed by atoms with Gasteiger partial charge in [0.15, 0.2) is 0 Å². The van der Waals surface area contributed by atoms with Crippen LogP contribution in [0.1, 0.15) is 52.1 Å². The number of aromatic nitrogens is 3. The summed E-state index contributed by atoms with van der Waals surface area (Å²) in [5.74, 6) is 0.644. The Morgan fingerprint density at radius 2 is 1.97 bits per heavy atom. The maximum absolute atomic E-state index is 12.4. The number of benzene rings is 1. The normalized spacial score (nSPS) is 25.9. The minimum atomic E-state index is -0.626. The molecule has 3 heterocycles. The number of carbonyl (C=O) groups excluding carboxylic acids is 1. The van der Waals surface area contributed by atoms with Gasteiger partial charge in [0.1, 0.15) is 30.1 Å². The molecule has 5 rings (SSSR count). The zero-order valence-corrected chi connectivity index (χ0v) is 22.6. The molecule has 5 atom stereocenters. The van der Waals surface area contributed by atoms with Crippen LogP contribution >= 0.6 is 0 Å². The molecule has 38 heavy (non-hydrogen) atoms. The van der Waals surface area contributed by atoms with Gasteiger partial charge in [0, 0.05) is 37.4 Å². The van der Waals surface area contributed by atoms with Crippen molar-refractivity contribution in [3.05, 3.63) is 48.4 Å². The van der Waals surface area contributed by atoms with E-state index >= 15 is 0 Å². The first kappa shape index (κ1) is 26.4. The lowest BCUT2D eigenvalue weighted by Gasteiger charge is -2.41. The van der Waals surface area contributed by atoms with Crippen molar-refractivity contribution in [1.82, 2.24) is 24.8 Å². The molecule has 1 aromatic carbocycles. The van der Waals surface area contributed by atoms with E-state index in [0.717, 1.165) is 42.7 Å². The van der Waals surface area contributed by atoms with Crippen molar-refractivity contribution in [3.63, 3.8) is 0 Å². The maximum atomic E-state index is 12.4. The lowest BCUT2D eigenvalue weighted by molar-refractivity contribution is -0.173. The highest BCUT2D eigenvalue weighted by atomic mass is 16.5. The summed E-state index contributed by atoms with van der Waals surface area (Å²) in [4.78, 5) is 23.1. The highest BCUT2D eigenvalue weighted by Crippen LogP contribution is 2.42. The van der Waals surface area contributed by atoms with E-state index in [0.29, 0.717) is 12.4 Å². The van der Waals surface area contributed by atoms with Crippen LogP contribution in [0.2, 0.25) is 0 Å². The van der Waals surface area contributed by atoms with Gasteiger partial charge in [-0.05, 0) is 48.9 Å². The zero-order valence-electron chi connectivity index (χ0n) is 22.6. The van der Waals surface area contributed by atoms with Gasteiger partial charge in [-0.15, -0.1) is 0 Å². The summed E-state index contributed by atoms with van der Waals surface area (Å²) < 4.78 is 8.30. The summed E-state index contributed by atoms with van der Waals surface area (Å²) in [7, 11) is 0. The molecule has 1 aliphatic carbocycles. The lowest BCUT2D eigenvalue weighted by Crippen LogP contribution is -2.51. The first-order valence-electron chi connectivity index (χ1n) is 13.4. The van der Waals surface area contributed by atoms with Gasteiger partial charge in [-0.2, -0.15) is 0 Å². The smallest absolute Gasteiger partial charge is 0.319 e. The molecule has 2 fully saturated rings. The summed E-state index contributed by atoms with van der Waals surface area (Å²) >= 11 is 0. The number of nitrogen functional groups attached to an aromatic ring is 1. The van der Waals surface area contributed by atoms with Crippen molar-refractivity contribution in [3.8, 4) is 0 Å². The number of aliphatic hydroxyl groups excluding tert-OH is 1. The third-order valence-electron chi connectivity index (χ3n) is 7.89. The van der Waals surface area contributed by atoms with Crippen molar-refractivity contribution in [2.75, 3.05) is 30.7 Å². The quantitative estimate of drug-likeness (QED) is 0.365. The van der Waals surface area contributed by atoms with Gasteiger partial charge >= 0.3 is 6.03 Å². The summed E-state index contributed by atoms with van der Waals surface area (Å²) in [6, 6.07) is 9.53. The van der Waals surface area contributed by atoms with Crippen LogP contribution in [-0.4, -0.2) is 68.6 Å². The number of rotatable bonds is 6. The fourth-order valence-corrected chi connectivity index (χ4v) is 5.74. The predicted octanol–water partition coefficient (Wildman–Crippen LogP) is 3.49. The molecule has 0 spiro atoms. The molecule has 2 aliphatic rings. The first-order chi connectivity index (χ1) is 18.1. The van der Waals surface area contributed by atoms with E-state index in [2.05, 4.69) is 46.3 Å². The van der Waals surface area contributed by atoms with Crippen LogP contribution < -0.4 is 16.4 Å². The van der Waals surface area contributed by atoms with Gasteiger partial charge in [0.25, 0.3) is 0 Å². The van der Waals surface area contributed by atoms with Gasteiger partial charge in [-0.25, -0.2) is 14.8 Å². The molecule has 0 radical (unpaired) electrons. The van der Waals surface area contributed by atoms with Crippen LogP contribution in [-0.2, 0) is 10.2 Å². The number of carbonyl (C=O) groups is 1. The standard InChI is InChI=1S/C28H39N7O3/c1-17-34(12-5-11-30-27(37)33-20-8-6-19(7-9-20)28(2,3)4)15-18-14-22(23(36)24(18)38-17)35-13-10-21-25(29)31-16-32-26(21)35/h6-10,13,16-18,22-24,36H,5,11-12,14-15H2,1-4H3,(H2,29,31,32)(H2,30,33,37)/t17?,18-,22-,23+,24-/m1/s1. The van der Waals surface area contributed by atoms with Crippen molar-refractivity contribution >= 4 is 28.6 Å². The second-order valence-corrected chi connectivity index (χ2v) is 11.5. The molecule has 5 N–H and O–H groups in total. The monoisotopic (exact) mass is 521 g/mol. The zero-order chi connectivity index (χ0) is 27.0. The van der Waals surface area contributed by atoms with E-state index in [4.69, 9.17) is 10.5 Å². The number of ether oxygens (including phenoxy) is 1. The predicted molar refractivity (Wildman–Crippen MR) is 148 cm³/mol. The third-order valence-corrected chi connectivity index (χ3v) is 7.89. The molecule has 0 bridgehead atoms. The van der Waals surface area contributed by atoms with Crippen LogP contribution in [0.4, 0.5) is 16.3 Å². The maximum Gasteiger partial charge on any atom is 0.319 e. The van der Waals surface area contributed by atoms with Crippen molar-refractivity contribution < 1.29 is 14.6 Å². The molecule has 3 aromatic rings. The minimum Gasteiger partial charge on any atom is -0.388 e. The Balaban J connectivity index is 1.11. The van der Waals surface area contributed by atoms with Crippen LogP contribution in [0.15, 0.2) is 42.9 Å². The number of fused-ring (bicyclic) bond motifs is 2. The van der Waals surface area contributed by atoms with E-state index in [1.54, 1.807) is 0 Å². The topological polar surface area (TPSA) is 131 Å². The van der Waals surface area contributed by atoms with Crippen molar-refractivity contribution in [2.45, 2.75) is 70.4 Å². The van der Waals surface area contributed by atoms with Gasteiger partial charge in [-0.3, -0.25) is 4.90 Å². The van der Waals surface area contributed by atoms with Crippen LogP contribution in [0.3, 0.4) is 0 Å². The number of anilines is 2. The highest BCUT2D eigenvalue weighted by molar-refractivity contribution is 5.89. The summed E-state index contributed by atoms with van der Waals surface area (Å²) in [6.45, 7) is 10.7. The fourth-order valence-electron chi connectivity index (χ4n) is 5.74. The minimum absolute atomic E-state index is 0.0771. The van der Waals surface area contributed by atoms with E-state index in [1.165, 1.54) is 11.9 Å². The molecule has 1 saturated carbocycles. The Bertz CT molecular complexity index is 1270. The van der Waals surface area contributed by atoms with E-state index in [9.17, 15) is 9.90 Å². The SMILES string of the molecule is CC1O[C@@H]2[C@H](C[C@@H](n3ccc4c(N)ncnc43)[C@@H]2O)CN1CCCNC(=O)Nc1ccc(C(C)(C)C)cc1. The van der Waals surface area contributed by atoms with Crippen molar-refractivity contribution in [1.29, 1.82) is 0 Å². The Morgan fingerprint density at radius 3 is 2.71 bits per heavy atom. The fraction of sp³-hybridized carbons (Fsp3) is 0.536. The molecule has 2 amide bonds. The van der Waals surface area contributed by atoms with Crippen LogP contribution in [0.25, 0.3) is 11.0 Å². The number of aliphatic hydroxyl groups is 1. The summed E-state index contributed by atoms with van der Waals surface area (Å²) in [5, 5.41) is 17.8. The van der Waals surface area contributed by atoms with Gasteiger partial charge in [-0.1, -0.05) is 32.9 Å². The van der Waals surface area contributed by atoms with Crippen LogP contribution in [0, 0.1) is 5.92 Å². The molecule has 1 unspecified atom stereocenters. The molecule has 1 saturated heterocycles. The molecule has 1 aliphatic heterocycles. The molecular formula is C28H39N7O3. The molecule has 10 nitrogen and oxygen atoms in total. The average molecular weight is 522 g/mol. The van der Waals surface area contributed by atoms with E-state index in [1.807, 2.05) is 48.0 Å². The lowest BCUT2D eigenvalue weighted by atomic mass is 9.87. The van der Waals surface area contributed by atoms with E-state index < -0.39 is 6.10 Å². The molecule has 2 aromatic heterocycles. The number of amides is 2. The number of nitrogens with zero attached hydrogens (tertiary/aromatic N) is 4. The number of nitrogens with one attached hydrogen (secondary N) is 2. The number of hydrogen-bond acceptors (Lipinski definition) is 7.